The number of aromatic nitrogens is 2. The highest BCUT2D eigenvalue weighted by Crippen LogP contribution is 2.30. The highest BCUT2D eigenvalue weighted by Gasteiger charge is 2.16. The van der Waals surface area contributed by atoms with E-state index in [0.717, 1.165) is 52.0 Å². The molecule has 0 aliphatic carbocycles. The molecule has 0 bridgehead atoms. The van der Waals surface area contributed by atoms with Gasteiger partial charge >= 0.3 is 0 Å². The number of aryl methyl sites for hydroxylation is 1. The molecule has 0 radical (unpaired) electrons. The first-order valence-corrected chi connectivity index (χ1v) is 11.4. The van der Waals surface area contributed by atoms with Gasteiger partial charge in [-0.25, -0.2) is 4.98 Å². The summed E-state index contributed by atoms with van der Waals surface area (Å²) in [5, 5.41) is 0.474. The van der Waals surface area contributed by atoms with Gasteiger partial charge in [-0.3, -0.25) is 4.79 Å². The van der Waals surface area contributed by atoms with E-state index in [-0.39, 0.29) is 0 Å². The Balaban J connectivity index is 1.38. The Morgan fingerprint density at radius 1 is 1.00 bits per heavy atom. The Bertz CT molecular complexity index is 891. The SMILES string of the molecule is O=CN1CCN(c2ccc(SC(CCc3ccccc3)Cn3ccnc3)cc2)CC1. The largest absolute Gasteiger partial charge is 0.368 e. The van der Waals surface area contributed by atoms with Crippen LogP contribution in [0.4, 0.5) is 5.69 Å². The van der Waals surface area contributed by atoms with E-state index in [4.69, 9.17) is 0 Å². The Morgan fingerprint density at radius 2 is 1.77 bits per heavy atom. The first-order valence-electron chi connectivity index (χ1n) is 10.5. The minimum Gasteiger partial charge on any atom is -0.368 e. The summed E-state index contributed by atoms with van der Waals surface area (Å²) >= 11 is 1.94. The normalized spacial score (nSPS) is 15.2. The lowest BCUT2D eigenvalue weighted by atomic mass is 10.1. The molecule has 30 heavy (non-hydrogen) atoms. The van der Waals surface area contributed by atoms with E-state index in [0.29, 0.717) is 5.25 Å². The minimum atomic E-state index is 0.474. The van der Waals surface area contributed by atoms with Crippen LogP contribution < -0.4 is 4.90 Å². The number of hydrogen-bond acceptors (Lipinski definition) is 4. The Morgan fingerprint density at radius 3 is 2.43 bits per heavy atom. The fourth-order valence-corrected chi connectivity index (χ4v) is 4.96. The molecule has 1 aliphatic heterocycles. The third kappa shape index (κ3) is 5.66. The average molecular weight is 421 g/mol. The van der Waals surface area contributed by atoms with Crippen molar-refractivity contribution < 1.29 is 4.79 Å². The van der Waals surface area contributed by atoms with Gasteiger partial charge in [0.2, 0.25) is 6.41 Å². The first-order chi connectivity index (χ1) is 14.8. The number of hydrogen-bond donors (Lipinski definition) is 0. The van der Waals surface area contributed by atoms with Gasteiger partial charge in [-0.1, -0.05) is 30.3 Å². The van der Waals surface area contributed by atoms with Crippen LogP contribution in [0.25, 0.3) is 0 Å². The first kappa shape index (κ1) is 20.5. The summed E-state index contributed by atoms with van der Waals surface area (Å²) in [6.45, 7) is 4.34. The number of anilines is 1. The van der Waals surface area contributed by atoms with Crippen molar-refractivity contribution in [1.29, 1.82) is 0 Å². The Kier molecular flexibility index (Phi) is 7.08. The molecule has 2 aromatic carbocycles. The zero-order valence-corrected chi connectivity index (χ0v) is 18.0. The molecule has 1 aromatic heterocycles. The van der Waals surface area contributed by atoms with Crippen molar-refractivity contribution in [1.82, 2.24) is 14.5 Å². The predicted molar refractivity (Wildman–Crippen MR) is 123 cm³/mol. The number of benzene rings is 2. The summed E-state index contributed by atoms with van der Waals surface area (Å²) in [6.07, 6.45) is 8.93. The van der Waals surface area contributed by atoms with Crippen molar-refractivity contribution in [3.63, 3.8) is 0 Å². The van der Waals surface area contributed by atoms with Crippen molar-refractivity contribution in [3.05, 3.63) is 78.9 Å². The van der Waals surface area contributed by atoms with Crippen LogP contribution in [-0.2, 0) is 17.8 Å². The molecule has 1 atom stereocenters. The maximum atomic E-state index is 10.9. The number of imidazole rings is 1. The van der Waals surface area contributed by atoms with Crippen molar-refractivity contribution in [2.24, 2.45) is 0 Å². The predicted octanol–water partition coefficient (Wildman–Crippen LogP) is 3.96. The summed E-state index contributed by atoms with van der Waals surface area (Å²) < 4.78 is 2.17. The lowest BCUT2D eigenvalue weighted by molar-refractivity contribution is -0.118. The van der Waals surface area contributed by atoms with E-state index in [1.165, 1.54) is 16.1 Å². The maximum Gasteiger partial charge on any atom is 0.209 e. The molecule has 1 amide bonds. The number of carbonyl (C=O) groups is 1. The molecule has 3 aromatic rings. The molecule has 156 valence electrons. The van der Waals surface area contributed by atoms with Crippen LogP contribution in [0, 0.1) is 0 Å². The lowest BCUT2D eigenvalue weighted by Gasteiger charge is -2.34. The molecule has 2 heterocycles. The van der Waals surface area contributed by atoms with Gasteiger partial charge in [0.15, 0.2) is 0 Å². The second-order valence-electron chi connectivity index (χ2n) is 7.65. The van der Waals surface area contributed by atoms with Gasteiger partial charge in [0.05, 0.1) is 6.33 Å². The van der Waals surface area contributed by atoms with Gasteiger partial charge in [0, 0.05) is 61.0 Å². The van der Waals surface area contributed by atoms with Crippen LogP contribution in [0.15, 0.2) is 78.2 Å². The average Bonchev–Trinajstić information content (AvgIpc) is 3.32. The van der Waals surface area contributed by atoms with Crippen LogP contribution in [0.1, 0.15) is 12.0 Å². The van der Waals surface area contributed by atoms with Crippen LogP contribution in [-0.4, -0.2) is 52.3 Å². The van der Waals surface area contributed by atoms with Crippen molar-refractivity contribution in [3.8, 4) is 0 Å². The third-order valence-electron chi connectivity index (χ3n) is 5.54. The molecule has 1 aliphatic rings. The zero-order chi connectivity index (χ0) is 20.6. The molecule has 6 heteroatoms. The van der Waals surface area contributed by atoms with E-state index < -0.39 is 0 Å². The van der Waals surface area contributed by atoms with Crippen molar-refractivity contribution >= 4 is 23.9 Å². The summed E-state index contributed by atoms with van der Waals surface area (Å²) in [6, 6.07) is 19.6. The second kappa shape index (κ2) is 10.3. The van der Waals surface area contributed by atoms with E-state index in [2.05, 4.69) is 69.0 Å². The number of rotatable bonds is 9. The van der Waals surface area contributed by atoms with Crippen LogP contribution in [0.3, 0.4) is 0 Å². The van der Waals surface area contributed by atoms with Crippen LogP contribution in [0.2, 0.25) is 0 Å². The molecule has 0 N–H and O–H groups in total. The quantitative estimate of drug-likeness (QED) is 0.388. The standard InChI is InChI=1S/C24H28N4OS/c29-20-26-14-16-28(17-15-26)22-7-10-23(11-8-22)30-24(18-27-13-12-25-19-27)9-6-21-4-2-1-3-5-21/h1-5,7-8,10-13,19-20,24H,6,9,14-18H2. The summed E-state index contributed by atoms with van der Waals surface area (Å²) in [4.78, 5) is 20.6. The highest BCUT2D eigenvalue weighted by atomic mass is 32.2. The Hall–Kier alpha value is -2.73. The van der Waals surface area contributed by atoms with Crippen LogP contribution in [0.5, 0.6) is 0 Å². The second-order valence-corrected chi connectivity index (χ2v) is 9.02. The van der Waals surface area contributed by atoms with E-state index in [1.54, 1.807) is 0 Å². The number of thioether (sulfide) groups is 1. The summed E-state index contributed by atoms with van der Waals surface area (Å²) in [5.41, 5.74) is 2.62. The number of nitrogens with zero attached hydrogens (tertiary/aromatic N) is 4. The van der Waals surface area contributed by atoms with E-state index in [9.17, 15) is 4.79 Å². The summed E-state index contributed by atoms with van der Waals surface area (Å²) in [5.74, 6) is 0. The monoisotopic (exact) mass is 420 g/mol. The number of piperazine rings is 1. The molecule has 1 saturated heterocycles. The molecule has 1 unspecified atom stereocenters. The van der Waals surface area contributed by atoms with E-state index >= 15 is 0 Å². The zero-order valence-electron chi connectivity index (χ0n) is 17.1. The number of carbonyl (C=O) groups excluding carboxylic acids is 1. The molecular weight excluding hydrogens is 392 g/mol. The molecule has 5 nitrogen and oxygen atoms in total. The van der Waals surface area contributed by atoms with E-state index in [1.807, 2.05) is 35.4 Å². The molecule has 0 spiro atoms. The molecule has 1 fully saturated rings. The van der Waals surface area contributed by atoms with Gasteiger partial charge in [-0.15, -0.1) is 11.8 Å². The van der Waals surface area contributed by atoms with Gasteiger partial charge in [0.25, 0.3) is 0 Å². The van der Waals surface area contributed by atoms with Gasteiger partial charge < -0.3 is 14.4 Å². The molecule has 4 rings (SSSR count). The molecule has 0 saturated carbocycles. The smallest absolute Gasteiger partial charge is 0.209 e. The lowest BCUT2D eigenvalue weighted by Crippen LogP contribution is -2.45. The van der Waals surface area contributed by atoms with Crippen LogP contribution >= 0.6 is 11.8 Å². The fraction of sp³-hybridized carbons (Fsp3) is 0.333. The van der Waals surface area contributed by atoms with Gasteiger partial charge in [-0.05, 0) is 42.7 Å². The third-order valence-corrected chi connectivity index (χ3v) is 6.80. The topological polar surface area (TPSA) is 41.4 Å². The Labute approximate surface area is 182 Å². The van der Waals surface area contributed by atoms with Crippen molar-refractivity contribution in [2.75, 3.05) is 31.1 Å². The maximum absolute atomic E-state index is 10.9. The highest BCUT2D eigenvalue weighted by molar-refractivity contribution is 8.00. The minimum absolute atomic E-state index is 0.474. The van der Waals surface area contributed by atoms with Gasteiger partial charge in [-0.2, -0.15) is 0 Å². The summed E-state index contributed by atoms with van der Waals surface area (Å²) in [7, 11) is 0. The molecular formula is C24H28N4OS. The fourth-order valence-electron chi connectivity index (χ4n) is 3.80. The van der Waals surface area contributed by atoms with Gasteiger partial charge in [0.1, 0.15) is 0 Å². The van der Waals surface area contributed by atoms with Crippen molar-refractivity contribution in [2.45, 2.75) is 29.5 Å². The number of amides is 1.